The van der Waals surface area contributed by atoms with Crippen molar-refractivity contribution in [3.8, 4) is 5.75 Å². The lowest BCUT2D eigenvalue weighted by molar-refractivity contribution is -0.123. The first-order valence-electron chi connectivity index (χ1n) is 6.90. The molecule has 5 heteroatoms. The van der Waals surface area contributed by atoms with Gasteiger partial charge in [-0.05, 0) is 24.1 Å². The molecular weight excluding hydrogens is 256 g/mol. The molecule has 0 aliphatic carbocycles. The van der Waals surface area contributed by atoms with Gasteiger partial charge in [-0.25, -0.2) is 0 Å². The van der Waals surface area contributed by atoms with E-state index in [1.165, 1.54) is 0 Å². The molecule has 1 unspecified atom stereocenters. The third kappa shape index (κ3) is 6.04. The van der Waals surface area contributed by atoms with Crippen molar-refractivity contribution in [2.75, 3.05) is 20.3 Å². The van der Waals surface area contributed by atoms with Gasteiger partial charge in [0.2, 0.25) is 5.91 Å². The average molecular weight is 280 g/mol. The van der Waals surface area contributed by atoms with Crippen LogP contribution in [0.5, 0.6) is 5.75 Å². The van der Waals surface area contributed by atoms with Crippen LogP contribution in [-0.2, 0) is 16.1 Å². The molecule has 0 saturated carbocycles. The minimum absolute atomic E-state index is 0.0615. The van der Waals surface area contributed by atoms with Crippen molar-refractivity contribution < 1.29 is 14.3 Å². The highest BCUT2D eigenvalue weighted by molar-refractivity contribution is 5.76. The number of rotatable bonds is 9. The second kappa shape index (κ2) is 9.34. The van der Waals surface area contributed by atoms with Crippen molar-refractivity contribution in [2.24, 2.45) is 5.73 Å². The normalized spacial score (nSPS) is 11.9. The number of carbonyl (C=O) groups is 1. The highest BCUT2D eigenvalue weighted by Gasteiger charge is 2.10. The summed E-state index contributed by atoms with van der Waals surface area (Å²) in [6, 6.07) is 7.72. The Labute approximate surface area is 120 Å². The molecule has 1 rings (SSSR count). The Kier molecular flexibility index (Phi) is 7.69. The number of nitrogens with two attached hydrogens (primary N) is 1. The summed E-state index contributed by atoms with van der Waals surface area (Å²) in [6.07, 6.45) is 1.05. The molecular formula is C15H24N2O3. The number of ether oxygens (including phenoxy) is 2. The van der Waals surface area contributed by atoms with E-state index in [1.54, 1.807) is 7.11 Å². The lowest BCUT2D eigenvalue weighted by atomic mass is 10.2. The van der Waals surface area contributed by atoms with Crippen LogP contribution in [-0.4, -0.2) is 32.3 Å². The third-order valence-corrected chi connectivity index (χ3v) is 2.90. The molecule has 0 aliphatic rings. The summed E-state index contributed by atoms with van der Waals surface area (Å²) in [4.78, 5) is 11.7. The minimum atomic E-state index is -0.222. The van der Waals surface area contributed by atoms with Crippen LogP contribution in [0.15, 0.2) is 24.3 Å². The van der Waals surface area contributed by atoms with Gasteiger partial charge >= 0.3 is 0 Å². The van der Waals surface area contributed by atoms with E-state index in [0.29, 0.717) is 19.7 Å². The zero-order valence-electron chi connectivity index (χ0n) is 12.2. The third-order valence-electron chi connectivity index (χ3n) is 2.90. The number of carbonyl (C=O) groups excluding carboxylic acids is 1. The van der Waals surface area contributed by atoms with Crippen molar-refractivity contribution in [1.29, 1.82) is 0 Å². The highest BCUT2D eigenvalue weighted by atomic mass is 16.5. The fourth-order valence-electron chi connectivity index (χ4n) is 1.67. The maximum Gasteiger partial charge on any atom is 0.222 e. The fraction of sp³-hybridized carbons (Fsp3) is 0.533. The quantitative estimate of drug-likeness (QED) is 0.718. The van der Waals surface area contributed by atoms with E-state index >= 15 is 0 Å². The van der Waals surface area contributed by atoms with Crippen LogP contribution in [0.1, 0.15) is 25.3 Å². The summed E-state index contributed by atoms with van der Waals surface area (Å²) in [5.74, 6) is 0.790. The number of amides is 1. The van der Waals surface area contributed by atoms with Crippen molar-refractivity contribution in [3.05, 3.63) is 29.8 Å². The predicted molar refractivity (Wildman–Crippen MR) is 78.5 cm³/mol. The van der Waals surface area contributed by atoms with Crippen LogP contribution in [0.3, 0.4) is 0 Å². The molecule has 0 heterocycles. The predicted octanol–water partition coefficient (Wildman–Crippen LogP) is 1.46. The van der Waals surface area contributed by atoms with Gasteiger partial charge in [-0.2, -0.15) is 0 Å². The van der Waals surface area contributed by atoms with Crippen molar-refractivity contribution in [2.45, 2.75) is 32.4 Å². The Morgan fingerprint density at radius 1 is 1.35 bits per heavy atom. The molecule has 1 atom stereocenters. The molecule has 1 aromatic rings. The molecule has 0 saturated heterocycles. The Balaban J connectivity index is 2.35. The molecule has 20 heavy (non-hydrogen) atoms. The van der Waals surface area contributed by atoms with Gasteiger partial charge in [-0.1, -0.05) is 19.1 Å². The molecule has 5 nitrogen and oxygen atoms in total. The molecule has 0 bridgehead atoms. The summed E-state index contributed by atoms with van der Waals surface area (Å²) in [5, 5.41) is 2.85. The summed E-state index contributed by atoms with van der Waals surface area (Å²) in [5.41, 5.74) is 6.51. The smallest absolute Gasteiger partial charge is 0.222 e. The van der Waals surface area contributed by atoms with Crippen LogP contribution >= 0.6 is 0 Å². The monoisotopic (exact) mass is 280 g/mol. The Morgan fingerprint density at radius 3 is 2.60 bits per heavy atom. The second-order valence-corrected chi connectivity index (χ2v) is 4.57. The van der Waals surface area contributed by atoms with E-state index in [4.69, 9.17) is 15.2 Å². The van der Waals surface area contributed by atoms with Crippen LogP contribution in [0.2, 0.25) is 0 Å². The zero-order valence-corrected chi connectivity index (χ0v) is 12.2. The van der Waals surface area contributed by atoms with Gasteiger partial charge in [0.15, 0.2) is 0 Å². The van der Waals surface area contributed by atoms with Crippen molar-refractivity contribution >= 4 is 5.91 Å². The maximum absolute atomic E-state index is 11.7. The Hall–Kier alpha value is -1.59. The van der Waals surface area contributed by atoms with E-state index in [-0.39, 0.29) is 18.4 Å². The molecule has 0 aromatic heterocycles. The Bertz CT molecular complexity index is 389. The first-order valence-corrected chi connectivity index (χ1v) is 6.90. The molecule has 0 radical (unpaired) electrons. The van der Waals surface area contributed by atoms with Crippen LogP contribution < -0.4 is 15.8 Å². The summed E-state index contributed by atoms with van der Waals surface area (Å²) >= 11 is 0. The molecule has 1 amide bonds. The number of nitrogens with one attached hydrogen (secondary N) is 1. The van der Waals surface area contributed by atoms with E-state index < -0.39 is 0 Å². The second-order valence-electron chi connectivity index (χ2n) is 4.57. The average Bonchev–Trinajstić information content (AvgIpc) is 2.49. The van der Waals surface area contributed by atoms with Crippen LogP contribution in [0, 0.1) is 0 Å². The van der Waals surface area contributed by atoms with Crippen LogP contribution in [0.25, 0.3) is 0 Å². The van der Waals surface area contributed by atoms with E-state index in [2.05, 4.69) is 12.2 Å². The number of methoxy groups -OCH3 is 1. The number of benzene rings is 1. The largest absolute Gasteiger partial charge is 0.494 e. The molecule has 0 fully saturated rings. The summed E-state index contributed by atoms with van der Waals surface area (Å²) in [6.45, 7) is 3.62. The van der Waals surface area contributed by atoms with Crippen molar-refractivity contribution in [3.63, 3.8) is 0 Å². The van der Waals surface area contributed by atoms with Crippen molar-refractivity contribution in [1.82, 2.24) is 5.32 Å². The van der Waals surface area contributed by atoms with E-state index in [1.807, 2.05) is 24.3 Å². The standard InChI is InChI=1S/C15H24N2O3/c1-3-8-20-13-6-4-12(5-7-13)11-17-15(18)9-14(10-16)19-2/h4-7,14H,3,8-11,16H2,1-2H3,(H,17,18). The topological polar surface area (TPSA) is 73.6 Å². The molecule has 112 valence electrons. The highest BCUT2D eigenvalue weighted by Crippen LogP contribution is 2.12. The van der Waals surface area contributed by atoms with Gasteiger partial charge in [0.1, 0.15) is 5.75 Å². The first kappa shape index (κ1) is 16.5. The van der Waals surface area contributed by atoms with E-state index in [0.717, 1.165) is 17.7 Å². The molecule has 3 N–H and O–H groups in total. The first-order chi connectivity index (χ1) is 9.69. The SMILES string of the molecule is CCCOc1ccc(CNC(=O)CC(CN)OC)cc1. The fourth-order valence-corrected chi connectivity index (χ4v) is 1.67. The minimum Gasteiger partial charge on any atom is -0.494 e. The lowest BCUT2D eigenvalue weighted by Crippen LogP contribution is -2.31. The Morgan fingerprint density at radius 2 is 2.05 bits per heavy atom. The van der Waals surface area contributed by atoms with Gasteiger partial charge in [0.25, 0.3) is 0 Å². The van der Waals surface area contributed by atoms with Gasteiger partial charge in [0.05, 0.1) is 19.1 Å². The maximum atomic E-state index is 11.7. The zero-order chi connectivity index (χ0) is 14.8. The summed E-state index contributed by atoms with van der Waals surface area (Å²) < 4.78 is 10.6. The number of hydrogen-bond acceptors (Lipinski definition) is 4. The molecule has 0 spiro atoms. The van der Waals surface area contributed by atoms with Gasteiger partial charge in [-0.15, -0.1) is 0 Å². The lowest BCUT2D eigenvalue weighted by Gasteiger charge is -2.12. The molecule has 1 aromatic carbocycles. The number of hydrogen-bond donors (Lipinski definition) is 2. The van der Waals surface area contributed by atoms with E-state index in [9.17, 15) is 4.79 Å². The van der Waals surface area contributed by atoms with Gasteiger partial charge in [-0.3, -0.25) is 4.79 Å². The van der Waals surface area contributed by atoms with Gasteiger partial charge < -0.3 is 20.5 Å². The van der Waals surface area contributed by atoms with Crippen LogP contribution in [0.4, 0.5) is 0 Å². The summed E-state index contributed by atoms with van der Waals surface area (Å²) in [7, 11) is 1.56. The van der Waals surface area contributed by atoms with Gasteiger partial charge in [0, 0.05) is 20.2 Å². The molecule has 0 aliphatic heterocycles.